The number of nitro groups is 1. The van der Waals surface area contributed by atoms with Crippen molar-refractivity contribution in [2.24, 2.45) is 11.7 Å². The van der Waals surface area contributed by atoms with Crippen LogP contribution in [-0.2, 0) is 4.74 Å². The molecule has 2 heterocycles. The number of hydrogen-bond acceptors (Lipinski definition) is 8. The fourth-order valence-electron chi connectivity index (χ4n) is 4.11. The number of methoxy groups -OCH3 is 1. The summed E-state index contributed by atoms with van der Waals surface area (Å²) in [4.78, 5) is 10.8. The third-order valence-corrected chi connectivity index (χ3v) is 5.37. The van der Waals surface area contributed by atoms with Crippen molar-refractivity contribution in [1.82, 2.24) is 10.9 Å². The molecule has 4 unspecified atom stereocenters. The van der Waals surface area contributed by atoms with Crippen LogP contribution in [0.5, 0.6) is 5.75 Å². The maximum atomic E-state index is 11.2. The number of hydrazine groups is 1. The molecule has 4 atom stereocenters. The van der Waals surface area contributed by atoms with Crippen LogP contribution in [0.4, 0.5) is 5.69 Å². The van der Waals surface area contributed by atoms with Gasteiger partial charge in [0.25, 0.3) is 5.69 Å². The van der Waals surface area contributed by atoms with E-state index in [0.717, 1.165) is 5.56 Å². The largest absolute Gasteiger partial charge is 0.496 e. The Hall–Kier alpha value is -3.61. The van der Waals surface area contributed by atoms with Crippen molar-refractivity contribution in [2.45, 2.75) is 18.2 Å². The van der Waals surface area contributed by atoms with Crippen molar-refractivity contribution in [3.63, 3.8) is 0 Å². The van der Waals surface area contributed by atoms with Crippen LogP contribution >= 0.6 is 0 Å². The Morgan fingerprint density at radius 3 is 2.76 bits per heavy atom. The lowest BCUT2D eigenvalue weighted by Crippen LogP contribution is -2.41. The van der Waals surface area contributed by atoms with Gasteiger partial charge < -0.3 is 15.2 Å². The van der Waals surface area contributed by atoms with Gasteiger partial charge in [-0.25, -0.2) is 10.9 Å². The maximum Gasteiger partial charge on any atom is 0.269 e. The van der Waals surface area contributed by atoms with E-state index in [1.165, 1.54) is 12.1 Å². The molecule has 0 spiro atoms. The molecule has 0 saturated carbocycles. The number of hydrogen-bond donors (Lipinski definition) is 3. The molecule has 29 heavy (non-hydrogen) atoms. The van der Waals surface area contributed by atoms with Crippen molar-refractivity contribution >= 4 is 5.69 Å². The van der Waals surface area contributed by atoms with E-state index >= 15 is 0 Å². The van der Waals surface area contributed by atoms with Gasteiger partial charge in [-0.2, -0.15) is 5.26 Å². The van der Waals surface area contributed by atoms with Gasteiger partial charge in [0.15, 0.2) is 6.23 Å². The van der Waals surface area contributed by atoms with Gasteiger partial charge in [0.1, 0.15) is 11.8 Å². The molecule has 1 fully saturated rings. The van der Waals surface area contributed by atoms with Crippen molar-refractivity contribution < 1.29 is 14.4 Å². The van der Waals surface area contributed by atoms with Gasteiger partial charge >= 0.3 is 0 Å². The van der Waals surface area contributed by atoms with Crippen molar-refractivity contribution in [1.29, 1.82) is 5.26 Å². The summed E-state index contributed by atoms with van der Waals surface area (Å²) in [6.45, 7) is 0. The average molecular weight is 393 g/mol. The number of nitrogens with zero attached hydrogens (tertiary/aromatic N) is 2. The number of nitrogens with one attached hydrogen (secondary N) is 2. The maximum absolute atomic E-state index is 11.2. The molecule has 0 aliphatic carbocycles. The standard InChI is InChI=1S/C20H19N5O4/c1-28-15-8-3-2-7-13(15)16-14(10-21)19(22)29-20-17(16)18(23-24-20)11-5-4-6-12(9-11)25(26)27/h2-9,16-18,20,23-24H,22H2,1H3. The van der Waals surface area contributed by atoms with Crippen molar-refractivity contribution in [3.05, 3.63) is 81.2 Å². The number of para-hydroxylation sites is 1. The van der Waals surface area contributed by atoms with Crippen molar-refractivity contribution in [3.8, 4) is 11.8 Å². The second-order valence-corrected chi connectivity index (χ2v) is 6.84. The zero-order valence-electron chi connectivity index (χ0n) is 15.5. The molecule has 2 aromatic carbocycles. The Balaban J connectivity index is 1.85. The van der Waals surface area contributed by atoms with E-state index in [-0.39, 0.29) is 23.5 Å². The quantitative estimate of drug-likeness (QED) is 0.531. The second kappa shape index (κ2) is 7.43. The van der Waals surface area contributed by atoms with Crippen LogP contribution in [0.2, 0.25) is 0 Å². The average Bonchev–Trinajstić information content (AvgIpc) is 3.16. The van der Waals surface area contributed by atoms with Crippen LogP contribution in [-0.4, -0.2) is 18.3 Å². The number of rotatable bonds is 4. The molecule has 2 aromatic rings. The number of nitriles is 1. The molecule has 2 aliphatic heterocycles. The van der Waals surface area contributed by atoms with Gasteiger partial charge in [0.05, 0.1) is 23.6 Å². The number of ether oxygens (including phenoxy) is 2. The SMILES string of the molecule is COc1ccccc1C1C(C#N)=C(N)OC2NNC(c3cccc([N+](=O)[O-])c3)C21. The Bertz CT molecular complexity index is 1030. The number of non-ortho nitro benzene ring substituents is 1. The summed E-state index contributed by atoms with van der Waals surface area (Å²) in [5, 5.41) is 21.0. The zero-order chi connectivity index (χ0) is 20.5. The minimum absolute atomic E-state index is 0.00566. The highest BCUT2D eigenvalue weighted by molar-refractivity contribution is 5.48. The molecule has 0 amide bonds. The lowest BCUT2D eigenvalue weighted by molar-refractivity contribution is -0.384. The second-order valence-electron chi connectivity index (χ2n) is 6.84. The van der Waals surface area contributed by atoms with Crippen LogP contribution in [0.3, 0.4) is 0 Å². The highest BCUT2D eigenvalue weighted by Gasteiger charge is 2.50. The molecule has 2 aliphatic rings. The van der Waals surface area contributed by atoms with E-state index in [9.17, 15) is 15.4 Å². The van der Waals surface area contributed by atoms with Gasteiger partial charge in [-0.15, -0.1) is 0 Å². The van der Waals surface area contributed by atoms with Gasteiger partial charge in [0.2, 0.25) is 5.88 Å². The third-order valence-electron chi connectivity index (χ3n) is 5.37. The normalized spacial score (nSPS) is 25.7. The molecule has 4 N–H and O–H groups in total. The molecule has 0 bridgehead atoms. The van der Waals surface area contributed by atoms with Crippen molar-refractivity contribution in [2.75, 3.05) is 7.11 Å². The minimum atomic E-state index is -0.522. The fourth-order valence-corrected chi connectivity index (χ4v) is 4.11. The summed E-state index contributed by atoms with van der Waals surface area (Å²) in [6, 6.07) is 15.7. The van der Waals surface area contributed by atoms with Crippen LogP contribution in [0.25, 0.3) is 0 Å². The number of nitro benzene ring substituents is 1. The number of benzene rings is 2. The monoisotopic (exact) mass is 393 g/mol. The summed E-state index contributed by atoms with van der Waals surface area (Å²) in [7, 11) is 1.57. The van der Waals surface area contributed by atoms with Gasteiger partial charge in [-0.1, -0.05) is 30.3 Å². The Morgan fingerprint density at radius 2 is 2.03 bits per heavy atom. The number of allylic oxidation sites excluding steroid dienone is 1. The zero-order valence-corrected chi connectivity index (χ0v) is 15.5. The highest BCUT2D eigenvalue weighted by Crippen LogP contribution is 2.49. The molecule has 0 radical (unpaired) electrons. The van der Waals surface area contributed by atoms with E-state index < -0.39 is 17.1 Å². The van der Waals surface area contributed by atoms with Crippen LogP contribution in [0.1, 0.15) is 23.1 Å². The summed E-state index contributed by atoms with van der Waals surface area (Å²) < 4.78 is 11.3. The Labute approximate surface area is 166 Å². The minimum Gasteiger partial charge on any atom is -0.496 e. The van der Waals surface area contributed by atoms with Crippen LogP contribution in [0, 0.1) is 27.4 Å². The van der Waals surface area contributed by atoms with Crippen LogP contribution < -0.4 is 21.3 Å². The molecule has 0 aromatic heterocycles. The summed E-state index contributed by atoms with van der Waals surface area (Å²) in [6.07, 6.45) is -0.522. The fraction of sp³-hybridized carbons (Fsp3) is 0.250. The van der Waals surface area contributed by atoms with Gasteiger partial charge in [-0.3, -0.25) is 10.1 Å². The molecule has 1 saturated heterocycles. The lowest BCUT2D eigenvalue weighted by atomic mass is 9.74. The van der Waals surface area contributed by atoms with E-state index in [4.69, 9.17) is 15.2 Å². The van der Waals surface area contributed by atoms with Gasteiger partial charge in [0, 0.05) is 29.5 Å². The summed E-state index contributed by atoms with van der Waals surface area (Å²) in [5.74, 6) is -0.0426. The first-order valence-corrected chi connectivity index (χ1v) is 9.00. The molecule has 148 valence electrons. The molecule has 9 heteroatoms. The highest BCUT2D eigenvalue weighted by atomic mass is 16.6. The molecular weight excluding hydrogens is 374 g/mol. The molecule has 4 rings (SSSR count). The van der Waals surface area contributed by atoms with E-state index in [2.05, 4.69) is 16.9 Å². The van der Waals surface area contributed by atoms with E-state index in [0.29, 0.717) is 16.9 Å². The first-order chi connectivity index (χ1) is 14.0. The Morgan fingerprint density at radius 1 is 1.24 bits per heavy atom. The predicted octanol–water partition coefficient (Wildman–Crippen LogP) is 2.20. The van der Waals surface area contributed by atoms with E-state index in [1.54, 1.807) is 13.2 Å². The van der Waals surface area contributed by atoms with E-state index in [1.807, 2.05) is 30.3 Å². The molecular formula is C20H19N5O4. The first kappa shape index (κ1) is 18.7. The summed E-state index contributed by atoms with van der Waals surface area (Å²) in [5.41, 5.74) is 14.1. The lowest BCUT2D eigenvalue weighted by Gasteiger charge is -2.36. The Kier molecular flexibility index (Phi) is 4.80. The summed E-state index contributed by atoms with van der Waals surface area (Å²) >= 11 is 0. The first-order valence-electron chi connectivity index (χ1n) is 9.00. The third kappa shape index (κ3) is 3.14. The smallest absolute Gasteiger partial charge is 0.269 e. The predicted molar refractivity (Wildman–Crippen MR) is 103 cm³/mol. The molecule has 9 nitrogen and oxygen atoms in total. The van der Waals surface area contributed by atoms with Crippen LogP contribution in [0.15, 0.2) is 60.0 Å². The number of fused-ring (bicyclic) bond motifs is 1. The van der Waals surface area contributed by atoms with Gasteiger partial charge in [-0.05, 0) is 11.6 Å². The number of nitrogens with two attached hydrogens (primary N) is 1. The topological polar surface area (TPSA) is 135 Å².